The molecule has 0 N–H and O–H groups in total. The third-order valence-electron chi connectivity index (χ3n) is 10.4. The summed E-state index contributed by atoms with van der Waals surface area (Å²) in [6.07, 6.45) is 1.62. The van der Waals surface area contributed by atoms with Crippen molar-refractivity contribution >= 4 is 27.7 Å². The standard InChI is InChI=1S/C45H37N3O.Pt/c1-25-14-15-46-38(22-25)31-12-13-35-34-10-8-9-11-39(34)48(40(35)24-31)33-19-28(4)18-32(23-33)44-47-45(7)37-21-27(3)17-30(6)42(37)41-29(5)16-26(2)20-36(41)43(45)49-44;/h8-22,43H,1-7H3;/q-2;+2/t43-,45+;/m0./s1. The van der Waals surface area contributed by atoms with Gasteiger partial charge in [0.15, 0.2) is 0 Å². The first-order valence-corrected chi connectivity index (χ1v) is 17.0. The summed E-state index contributed by atoms with van der Waals surface area (Å²) in [6.45, 7) is 15.3. The van der Waals surface area contributed by atoms with E-state index in [0.29, 0.717) is 5.90 Å². The second kappa shape index (κ2) is 11.6. The number of aryl methyl sites for hydroxylation is 6. The van der Waals surface area contributed by atoms with Crippen molar-refractivity contribution in [3.63, 3.8) is 0 Å². The molecule has 0 amide bonds. The summed E-state index contributed by atoms with van der Waals surface area (Å²) in [4.78, 5) is 10.2. The maximum absolute atomic E-state index is 7.01. The van der Waals surface area contributed by atoms with Crippen LogP contribution in [0, 0.1) is 53.7 Å². The van der Waals surface area contributed by atoms with Crippen LogP contribution in [0.3, 0.4) is 0 Å². The topological polar surface area (TPSA) is 39.4 Å². The molecule has 2 aromatic heterocycles. The van der Waals surface area contributed by atoms with Gasteiger partial charge in [0, 0.05) is 17.3 Å². The van der Waals surface area contributed by atoms with Crippen LogP contribution < -0.4 is 0 Å². The molecule has 9 rings (SSSR count). The molecule has 0 bridgehead atoms. The van der Waals surface area contributed by atoms with Gasteiger partial charge in [-0.1, -0.05) is 83.1 Å². The molecular formula is C45H37N3OPt. The second-order valence-electron chi connectivity index (χ2n) is 14.3. The number of pyridine rings is 1. The molecule has 3 heterocycles. The maximum Gasteiger partial charge on any atom is 2.00 e. The minimum atomic E-state index is -0.581. The zero-order chi connectivity index (χ0) is 33.8. The van der Waals surface area contributed by atoms with Crippen LogP contribution in [-0.4, -0.2) is 15.4 Å². The molecule has 1 aliphatic heterocycles. The zero-order valence-electron chi connectivity index (χ0n) is 29.3. The average molecular weight is 831 g/mol. The van der Waals surface area contributed by atoms with Gasteiger partial charge in [0.05, 0.1) is 0 Å². The van der Waals surface area contributed by atoms with E-state index in [2.05, 4.69) is 149 Å². The van der Waals surface area contributed by atoms with E-state index in [9.17, 15) is 0 Å². The van der Waals surface area contributed by atoms with Gasteiger partial charge in [-0.15, -0.1) is 47.5 Å². The van der Waals surface area contributed by atoms with Crippen LogP contribution in [0.15, 0.2) is 96.1 Å². The Kier molecular flexibility index (Phi) is 7.55. The molecule has 248 valence electrons. The first-order valence-electron chi connectivity index (χ1n) is 17.0. The van der Waals surface area contributed by atoms with Gasteiger partial charge in [-0.25, -0.2) is 0 Å². The number of ether oxygens (including phenoxy) is 1. The fourth-order valence-electron chi connectivity index (χ4n) is 8.37. The average Bonchev–Trinajstić information content (AvgIpc) is 3.60. The molecule has 5 heteroatoms. The molecule has 4 nitrogen and oxygen atoms in total. The van der Waals surface area contributed by atoms with E-state index in [1.54, 1.807) is 0 Å². The van der Waals surface area contributed by atoms with E-state index >= 15 is 0 Å². The van der Waals surface area contributed by atoms with Gasteiger partial charge in [-0.2, -0.15) is 0 Å². The van der Waals surface area contributed by atoms with Gasteiger partial charge in [-0.3, -0.25) is 4.99 Å². The van der Waals surface area contributed by atoms with Crippen molar-refractivity contribution in [1.29, 1.82) is 0 Å². The Hall–Kier alpha value is -4.79. The van der Waals surface area contributed by atoms with Crippen LogP contribution >= 0.6 is 0 Å². The van der Waals surface area contributed by atoms with Crippen LogP contribution in [0.5, 0.6) is 0 Å². The van der Waals surface area contributed by atoms with Gasteiger partial charge < -0.3 is 14.3 Å². The van der Waals surface area contributed by atoms with E-state index in [1.807, 2.05) is 12.3 Å². The minimum absolute atomic E-state index is 0. The Morgan fingerprint density at radius 1 is 0.700 bits per heavy atom. The molecule has 2 aliphatic rings. The van der Waals surface area contributed by atoms with Gasteiger partial charge >= 0.3 is 21.1 Å². The van der Waals surface area contributed by atoms with Crippen molar-refractivity contribution in [3.05, 3.63) is 153 Å². The number of para-hydroxylation sites is 1. The largest absolute Gasteiger partial charge is 2.00 e. The van der Waals surface area contributed by atoms with Gasteiger partial charge in [0.1, 0.15) is 17.5 Å². The normalized spacial score (nSPS) is 17.5. The molecule has 0 spiro atoms. The molecule has 0 saturated carbocycles. The molecule has 0 fully saturated rings. The van der Waals surface area contributed by atoms with Crippen molar-refractivity contribution < 1.29 is 25.8 Å². The predicted molar refractivity (Wildman–Crippen MR) is 200 cm³/mol. The van der Waals surface area contributed by atoms with Crippen molar-refractivity contribution in [1.82, 2.24) is 9.55 Å². The molecule has 2 atom stereocenters. The number of nitrogens with zero attached hydrogens (tertiary/aromatic N) is 3. The summed E-state index contributed by atoms with van der Waals surface area (Å²) in [5, 5.41) is 2.31. The van der Waals surface area contributed by atoms with Crippen LogP contribution in [0.1, 0.15) is 63.1 Å². The number of rotatable bonds is 3. The Bertz CT molecular complexity index is 2580. The van der Waals surface area contributed by atoms with Gasteiger partial charge in [0.25, 0.3) is 0 Å². The van der Waals surface area contributed by atoms with E-state index in [-0.39, 0.29) is 27.2 Å². The van der Waals surface area contributed by atoms with E-state index < -0.39 is 5.54 Å². The third kappa shape index (κ3) is 4.83. The summed E-state index contributed by atoms with van der Waals surface area (Å²) in [5.41, 5.74) is 17.5. The summed E-state index contributed by atoms with van der Waals surface area (Å²) >= 11 is 0. The van der Waals surface area contributed by atoms with Gasteiger partial charge in [-0.05, 0) is 104 Å². The summed E-state index contributed by atoms with van der Waals surface area (Å²) in [7, 11) is 0. The molecule has 50 heavy (non-hydrogen) atoms. The minimum Gasteiger partial charge on any atom is -0.509 e. The number of aliphatic imine (C=N–C) groups is 1. The monoisotopic (exact) mass is 830 g/mol. The summed E-state index contributed by atoms with van der Waals surface area (Å²) in [6, 6.07) is 38.0. The molecular weight excluding hydrogens is 794 g/mol. The molecule has 0 radical (unpaired) electrons. The Labute approximate surface area is 308 Å². The number of aromatic nitrogens is 2. The summed E-state index contributed by atoms with van der Waals surface area (Å²) < 4.78 is 9.28. The third-order valence-corrected chi connectivity index (χ3v) is 10.4. The van der Waals surface area contributed by atoms with Gasteiger partial charge in [0.2, 0.25) is 0 Å². The van der Waals surface area contributed by atoms with Crippen molar-refractivity contribution in [3.8, 4) is 28.1 Å². The Balaban J connectivity index is 0.00000361. The van der Waals surface area contributed by atoms with Crippen molar-refractivity contribution in [2.45, 2.75) is 60.1 Å². The number of hydrogen-bond donors (Lipinski definition) is 0. The Morgan fingerprint density at radius 3 is 2.24 bits per heavy atom. The molecule has 0 unspecified atom stereocenters. The SMILES string of the molecule is Cc1cc(C2=N[C@]3(C)c4cc(C)cc(C)c4-c4c(C)cc(C)cc4[C@@H]3O2)[c-]c(-n2c3[c-]c(-c4cc(C)ccn4)ccc3c3ccccc32)c1.[Pt+2]. The van der Waals surface area contributed by atoms with Crippen molar-refractivity contribution in [2.24, 2.45) is 4.99 Å². The molecule has 5 aromatic carbocycles. The number of benzene rings is 5. The number of fused-ring (bicyclic) bond motifs is 9. The summed E-state index contributed by atoms with van der Waals surface area (Å²) in [5.74, 6) is 0.629. The maximum atomic E-state index is 7.01. The molecule has 7 aromatic rings. The van der Waals surface area contributed by atoms with Crippen LogP contribution in [0.4, 0.5) is 0 Å². The fraction of sp³-hybridized carbons (Fsp3) is 0.200. The fourth-order valence-corrected chi connectivity index (χ4v) is 8.37. The first kappa shape index (κ1) is 32.4. The number of hydrogen-bond acceptors (Lipinski definition) is 3. The smallest absolute Gasteiger partial charge is 0.509 e. The Morgan fingerprint density at radius 2 is 1.44 bits per heavy atom. The zero-order valence-corrected chi connectivity index (χ0v) is 31.6. The first-order chi connectivity index (χ1) is 23.6. The quantitative estimate of drug-likeness (QED) is 0.166. The molecule has 0 saturated heterocycles. The van der Waals surface area contributed by atoms with Crippen LogP contribution in [0.2, 0.25) is 0 Å². The van der Waals surface area contributed by atoms with Crippen LogP contribution in [0.25, 0.3) is 49.9 Å². The van der Waals surface area contributed by atoms with Crippen LogP contribution in [-0.2, 0) is 31.3 Å². The van der Waals surface area contributed by atoms with E-state index in [0.717, 1.165) is 44.5 Å². The second-order valence-corrected chi connectivity index (χ2v) is 14.3. The predicted octanol–water partition coefficient (Wildman–Crippen LogP) is 10.7. The van der Waals surface area contributed by atoms with E-state index in [1.165, 1.54) is 55.5 Å². The van der Waals surface area contributed by atoms with E-state index in [4.69, 9.17) is 9.73 Å². The van der Waals surface area contributed by atoms with Crippen molar-refractivity contribution in [2.75, 3.05) is 0 Å². The molecule has 1 aliphatic carbocycles.